The Morgan fingerprint density at radius 2 is 1.79 bits per heavy atom. The molecule has 0 saturated heterocycles. The predicted molar refractivity (Wildman–Crippen MR) is 70.9 cm³/mol. The van der Waals surface area contributed by atoms with Crippen molar-refractivity contribution in [3.05, 3.63) is 42.0 Å². The molecule has 1 heterocycles. The van der Waals surface area contributed by atoms with Crippen LogP contribution in [0.15, 0.2) is 30.3 Å². The van der Waals surface area contributed by atoms with Crippen molar-refractivity contribution in [2.45, 2.75) is 31.8 Å². The van der Waals surface area contributed by atoms with Crippen LogP contribution in [-0.4, -0.2) is 19.9 Å². The normalized spacial score (nSPS) is 28.4. The summed E-state index contributed by atoms with van der Waals surface area (Å²) in [5.74, 6) is 4.02. The van der Waals surface area contributed by atoms with E-state index in [-0.39, 0.29) is 6.61 Å². The summed E-state index contributed by atoms with van der Waals surface area (Å²) < 4.78 is 2.04. The highest BCUT2D eigenvalue weighted by Crippen LogP contribution is 2.57. The quantitative estimate of drug-likeness (QED) is 0.915. The highest BCUT2D eigenvalue weighted by molar-refractivity contribution is 5.35. The van der Waals surface area contributed by atoms with E-state index in [4.69, 9.17) is 0 Å². The van der Waals surface area contributed by atoms with Gasteiger partial charge in [-0.3, -0.25) is 4.57 Å². The first-order valence-electron chi connectivity index (χ1n) is 6.97. The summed E-state index contributed by atoms with van der Waals surface area (Å²) in [6.07, 6.45) is 3.88. The van der Waals surface area contributed by atoms with Crippen LogP contribution in [0, 0.1) is 11.8 Å². The van der Waals surface area contributed by atoms with E-state index in [1.165, 1.54) is 19.3 Å². The standard InChI is InChI=1S/C15H17N3O/c19-9-14-16-17-15(12-7-10-6-11(10)8-12)18(14)13-4-2-1-3-5-13/h1-5,10-12,19H,6-9H2. The lowest BCUT2D eigenvalue weighted by Crippen LogP contribution is -2.09. The first kappa shape index (κ1) is 11.2. The minimum Gasteiger partial charge on any atom is -0.388 e. The molecular formula is C15H17N3O. The molecule has 2 saturated carbocycles. The fourth-order valence-electron chi connectivity index (χ4n) is 3.48. The average molecular weight is 255 g/mol. The van der Waals surface area contributed by atoms with Gasteiger partial charge in [-0.05, 0) is 43.2 Å². The average Bonchev–Trinajstić information content (AvgIpc) is 2.92. The van der Waals surface area contributed by atoms with Crippen molar-refractivity contribution in [3.63, 3.8) is 0 Å². The van der Waals surface area contributed by atoms with Gasteiger partial charge in [0, 0.05) is 11.6 Å². The van der Waals surface area contributed by atoms with Gasteiger partial charge in [-0.2, -0.15) is 0 Å². The highest BCUT2D eigenvalue weighted by atomic mass is 16.3. The number of benzene rings is 1. The molecule has 4 rings (SSSR count). The molecule has 2 atom stereocenters. The Morgan fingerprint density at radius 3 is 2.47 bits per heavy atom. The van der Waals surface area contributed by atoms with Crippen LogP contribution in [0.5, 0.6) is 0 Å². The highest BCUT2D eigenvalue weighted by Gasteiger charge is 2.47. The van der Waals surface area contributed by atoms with Gasteiger partial charge in [0.2, 0.25) is 0 Å². The van der Waals surface area contributed by atoms with Crippen LogP contribution < -0.4 is 0 Å². The van der Waals surface area contributed by atoms with E-state index in [1.807, 2.05) is 34.9 Å². The molecule has 2 aliphatic carbocycles. The number of rotatable bonds is 3. The second-order valence-corrected chi connectivity index (χ2v) is 5.73. The Labute approximate surface area is 112 Å². The van der Waals surface area contributed by atoms with Crippen LogP contribution in [-0.2, 0) is 6.61 Å². The number of para-hydroxylation sites is 1. The molecule has 1 aromatic heterocycles. The lowest BCUT2D eigenvalue weighted by Gasteiger charge is -2.14. The lowest BCUT2D eigenvalue weighted by atomic mass is 10.0. The first-order valence-corrected chi connectivity index (χ1v) is 6.97. The summed E-state index contributed by atoms with van der Waals surface area (Å²) in [4.78, 5) is 0. The SMILES string of the molecule is OCc1nnc(C2CC3CC3C2)n1-c1ccccc1. The van der Waals surface area contributed by atoms with Gasteiger partial charge in [0.15, 0.2) is 5.82 Å². The lowest BCUT2D eigenvalue weighted by molar-refractivity contribution is 0.268. The number of aromatic nitrogens is 3. The Balaban J connectivity index is 1.77. The maximum absolute atomic E-state index is 9.47. The van der Waals surface area contributed by atoms with Crippen LogP contribution in [0.1, 0.15) is 36.8 Å². The fourth-order valence-corrected chi connectivity index (χ4v) is 3.48. The van der Waals surface area contributed by atoms with Crippen LogP contribution >= 0.6 is 0 Å². The summed E-state index contributed by atoms with van der Waals surface area (Å²) in [5, 5.41) is 18.0. The molecule has 4 heteroatoms. The zero-order valence-corrected chi connectivity index (χ0v) is 10.7. The van der Waals surface area contributed by atoms with E-state index < -0.39 is 0 Å². The van der Waals surface area contributed by atoms with Gasteiger partial charge in [0.25, 0.3) is 0 Å². The Hall–Kier alpha value is -1.68. The van der Waals surface area contributed by atoms with Gasteiger partial charge in [-0.25, -0.2) is 0 Å². The van der Waals surface area contributed by atoms with E-state index in [0.29, 0.717) is 11.7 Å². The third-order valence-electron chi connectivity index (χ3n) is 4.52. The molecule has 0 bridgehead atoms. The first-order chi connectivity index (χ1) is 9.36. The minimum absolute atomic E-state index is 0.0680. The topological polar surface area (TPSA) is 50.9 Å². The molecule has 2 aromatic rings. The second-order valence-electron chi connectivity index (χ2n) is 5.73. The maximum Gasteiger partial charge on any atom is 0.163 e. The zero-order chi connectivity index (χ0) is 12.8. The molecule has 19 heavy (non-hydrogen) atoms. The summed E-state index contributed by atoms with van der Waals surface area (Å²) in [6.45, 7) is -0.0680. The van der Waals surface area contributed by atoms with Gasteiger partial charge >= 0.3 is 0 Å². The van der Waals surface area contributed by atoms with Crippen molar-refractivity contribution >= 4 is 0 Å². The zero-order valence-electron chi connectivity index (χ0n) is 10.7. The van der Waals surface area contributed by atoms with Crippen molar-refractivity contribution in [1.82, 2.24) is 14.8 Å². The van der Waals surface area contributed by atoms with Crippen molar-refractivity contribution in [1.29, 1.82) is 0 Å². The molecule has 1 N–H and O–H groups in total. The Morgan fingerprint density at radius 1 is 1.05 bits per heavy atom. The third-order valence-corrected chi connectivity index (χ3v) is 4.52. The van der Waals surface area contributed by atoms with Crippen LogP contribution in [0.4, 0.5) is 0 Å². The minimum atomic E-state index is -0.0680. The van der Waals surface area contributed by atoms with Crippen LogP contribution in [0.2, 0.25) is 0 Å². The number of hydrogen-bond acceptors (Lipinski definition) is 3. The monoisotopic (exact) mass is 255 g/mol. The van der Waals surface area contributed by atoms with E-state index >= 15 is 0 Å². The maximum atomic E-state index is 9.47. The van der Waals surface area contributed by atoms with E-state index in [2.05, 4.69) is 10.2 Å². The summed E-state index contributed by atoms with van der Waals surface area (Å²) >= 11 is 0. The number of hydrogen-bond donors (Lipinski definition) is 1. The number of aliphatic hydroxyl groups excluding tert-OH is 1. The molecule has 0 radical (unpaired) electrons. The van der Waals surface area contributed by atoms with Crippen molar-refractivity contribution < 1.29 is 5.11 Å². The molecule has 2 unspecified atom stereocenters. The van der Waals surface area contributed by atoms with Gasteiger partial charge < -0.3 is 5.11 Å². The van der Waals surface area contributed by atoms with Gasteiger partial charge in [0.1, 0.15) is 12.4 Å². The Bertz CT molecular complexity index is 583. The van der Waals surface area contributed by atoms with Crippen molar-refractivity contribution in [3.8, 4) is 5.69 Å². The van der Waals surface area contributed by atoms with Crippen LogP contribution in [0.25, 0.3) is 5.69 Å². The van der Waals surface area contributed by atoms with Crippen molar-refractivity contribution in [2.24, 2.45) is 11.8 Å². The van der Waals surface area contributed by atoms with Gasteiger partial charge in [0.05, 0.1) is 0 Å². The summed E-state index contributed by atoms with van der Waals surface area (Å²) in [5.41, 5.74) is 1.05. The van der Waals surface area contributed by atoms with E-state index in [0.717, 1.165) is 23.3 Å². The smallest absolute Gasteiger partial charge is 0.163 e. The Kier molecular flexibility index (Phi) is 2.45. The number of aliphatic hydroxyl groups is 1. The van der Waals surface area contributed by atoms with E-state index in [1.54, 1.807) is 0 Å². The number of nitrogens with zero attached hydrogens (tertiary/aromatic N) is 3. The fraction of sp³-hybridized carbons (Fsp3) is 0.467. The predicted octanol–water partition coefficient (Wildman–Crippen LogP) is 2.27. The molecule has 0 spiro atoms. The summed E-state index contributed by atoms with van der Waals surface area (Å²) in [7, 11) is 0. The van der Waals surface area contributed by atoms with E-state index in [9.17, 15) is 5.11 Å². The molecule has 98 valence electrons. The molecule has 2 aliphatic rings. The molecule has 0 aliphatic heterocycles. The summed E-state index contributed by atoms with van der Waals surface area (Å²) in [6, 6.07) is 10.1. The molecule has 2 fully saturated rings. The third kappa shape index (κ3) is 1.78. The molecule has 4 nitrogen and oxygen atoms in total. The largest absolute Gasteiger partial charge is 0.388 e. The van der Waals surface area contributed by atoms with Crippen molar-refractivity contribution in [2.75, 3.05) is 0 Å². The second kappa shape index (κ2) is 4.17. The van der Waals surface area contributed by atoms with Crippen LogP contribution in [0.3, 0.4) is 0 Å². The van der Waals surface area contributed by atoms with Gasteiger partial charge in [-0.1, -0.05) is 18.2 Å². The number of fused-ring (bicyclic) bond motifs is 1. The molecule has 1 aromatic carbocycles. The molecular weight excluding hydrogens is 238 g/mol. The van der Waals surface area contributed by atoms with Gasteiger partial charge in [-0.15, -0.1) is 10.2 Å². The molecule has 0 amide bonds.